The molecule has 2 heterocycles. The van der Waals surface area contributed by atoms with Crippen LogP contribution in [0.1, 0.15) is 30.8 Å². The van der Waals surface area contributed by atoms with E-state index < -0.39 is 0 Å². The molecule has 3 aromatic rings. The zero-order valence-electron chi connectivity index (χ0n) is 17.1. The van der Waals surface area contributed by atoms with Crippen molar-refractivity contribution in [3.63, 3.8) is 0 Å². The summed E-state index contributed by atoms with van der Waals surface area (Å²) in [5.74, 6) is 0.304. The van der Waals surface area contributed by atoms with E-state index in [-0.39, 0.29) is 17.8 Å². The van der Waals surface area contributed by atoms with Crippen LogP contribution in [-0.2, 0) is 17.6 Å². The molecule has 1 aliphatic rings. The Bertz CT molecular complexity index is 1050. The van der Waals surface area contributed by atoms with Gasteiger partial charge in [0.1, 0.15) is 18.0 Å². The Morgan fingerprint density at radius 2 is 2.13 bits per heavy atom. The Hall–Kier alpha value is -2.65. The lowest BCUT2D eigenvalue weighted by Crippen LogP contribution is -2.32. The summed E-state index contributed by atoms with van der Waals surface area (Å²) in [4.78, 5) is 28.7. The van der Waals surface area contributed by atoms with Gasteiger partial charge in [0.05, 0.1) is 17.8 Å². The summed E-state index contributed by atoms with van der Waals surface area (Å²) < 4.78 is 13.7. The van der Waals surface area contributed by atoms with E-state index in [1.54, 1.807) is 6.07 Å². The van der Waals surface area contributed by atoms with Crippen LogP contribution in [0.5, 0.6) is 0 Å². The first-order valence-corrected chi connectivity index (χ1v) is 11.0. The Labute approximate surface area is 178 Å². The number of halogens is 1. The van der Waals surface area contributed by atoms with Crippen LogP contribution in [-0.4, -0.2) is 51.4 Å². The van der Waals surface area contributed by atoms with Crippen molar-refractivity contribution in [2.45, 2.75) is 39.2 Å². The Kier molecular flexibility index (Phi) is 6.19. The number of carbonyl (C=O) groups excluding carboxylic acids is 1. The van der Waals surface area contributed by atoms with Crippen molar-refractivity contribution in [3.8, 4) is 0 Å². The van der Waals surface area contributed by atoms with Gasteiger partial charge in [-0.05, 0) is 44.1 Å². The molecule has 0 aliphatic heterocycles. The summed E-state index contributed by atoms with van der Waals surface area (Å²) in [7, 11) is 0. The molecular formula is C21H25FN6OS. The first-order chi connectivity index (χ1) is 14.6. The summed E-state index contributed by atoms with van der Waals surface area (Å²) in [6.45, 7) is 6.14. The highest BCUT2D eigenvalue weighted by Gasteiger charge is 2.24. The molecule has 0 radical (unpaired) electrons. The molecule has 4 rings (SSSR count). The number of benzene rings is 1. The Morgan fingerprint density at radius 3 is 2.93 bits per heavy atom. The second-order valence-electron chi connectivity index (χ2n) is 7.37. The molecule has 1 unspecified atom stereocenters. The van der Waals surface area contributed by atoms with Crippen LogP contribution in [0.25, 0.3) is 10.9 Å². The number of carbonyl (C=O) groups is 1. The van der Waals surface area contributed by atoms with E-state index >= 15 is 0 Å². The average molecular weight is 429 g/mol. The lowest BCUT2D eigenvalue weighted by molar-refractivity contribution is -0.117. The summed E-state index contributed by atoms with van der Waals surface area (Å²) >= 11 is 1.53. The van der Waals surface area contributed by atoms with E-state index in [0.29, 0.717) is 28.4 Å². The van der Waals surface area contributed by atoms with Gasteiger partial charge >= 0.3 is 0 Å². The van der Waals surface area contributed by atoms with E-state index in [9.17, 15) is 9.18 Å². The molecule has 0 bridgehead atoms. The third-order valence-electron chi connectivity index (χ3n) is 5.39. The van der Waals surface area contributed by atoms with Crippen molar-refractivity contribution in [2.75, 3.05) is 30.3 Å². The summed E-state index contributed by atoms with van der Waals surface area (Å²) in [5.41, 5.74) is 1.76. The van der Waals surface area contributed by atoms with E-state index in [4.69, 9.17) is 0 Å². The smallest absolute Gasteiger partial charge is 0.240 e. The molecule has 1 amide bonds. The van der Waals surface area contributed by atoms with Crippen molar-refractivity contribution in [3.05, 3.63) is 40.9 Å². The number of thiazole rings is 1. The van der Waals surface area contributed by atoms with Gasteiger partial charge in [0, 0.05) is 22.7 Å². The summed E-state index contributed by atoms with van der Waals surface area (Å²) in [6, 6.07) is 4.69. The molecule has 30 heavy (non-hydrogen) atoms. The number of amides is 1. The lowest BCUT2D eigenvalue weighted by atomic mass is 9.97. The monoisotopic (exact) mass is 428 g/mol. The molecular weight excluding hydrogens is 403 g/mol. The largest absolute Gasteiger partial charge is 0.366 e. The number of rotatable bonds is 7. The van der Waals surface area contributed by atoms with Gasteiger partial charge in [-0.15, -0.1) is 11.3 Å². The molecule has 2 N–H and O–H groups in total. The van der Waals surface area contributed by atoms with Crippen molar-refractivity contribution >= 4 is 39.1 Å². The molecule has 0 saturated carbocycles. The van der Waals surface area contributed by atoms with Crippen molar-refractivity contribution < 1.29 is 9.18 Å². The third kappa shape index (κ3) is 4.57. The summed E-state index contributed by atoms with van der Waals surface area (Å²) in [5, 5.41) is 7.73. The average Bonchev–Trinajstić information content (AvgIpc) is 3.13. The maximum absolute atomic E-state index is 13.7. The quantitative estimate of drug-likeness (QED) is 0.600. The van der Waals surface area contributed by atoms with Crippen molar-refractivity contribution in [2.24, 2.45) is 0 Å². The minimum Gasteiger partial charge on any atom is -0.366 e. The van der Waals surface area contributed by atoms with Crippen LogP contribution < -0.4 is 10.6 Å². The van der Waals surface area contributed by atoms with Crippen LogP contribution in [0, 0.1) is 5.82 Å². The van der Waals surface area contributed by atoms with Gasteiger partial charge in [-0.3, -0.25) is 9.69 Å². The zero-order chi connectivity index (χ0) is 21.1. The van der Waals surface area contributed by atoms with Crippen LogP contribution in [0.3, 0.4) is 0 Å². The molecule has 2 aromatic heterocycles. The van der Waals surface area contributed by atoms with Gasteiger partial charge < -0.3 is 10.6 Å². The van der Waals surface area contributed by atoms with Gasteiger partial charge in [0.2, 0.25) is 5.91 Å². The zero-order valence-corrected chi connectivity index (χ0v) is 17.9. The number of aromatic nitrogens is 3. The SMILES string of the molecule is CCN(CC)CC(=O)Nc1nc2c(s1)CC(Nc1ncnc3ccc(F)cc13)CC2. The lowest BCUT2D eigenvalue weighted by Gasteiger charge is -2.23. The van der Waals surface area contributed by atoms with E-state index in [2.05, 4.69) is 30.5 Å². The molecule has 7 nitrogen and oxygen atoms in total. The minimum atomic E-state index is -0.307. The number of aryl methyl sites for hydroxylation is 1. The maximum atomic E-state index is 13.7. The van der Waals surface area contributed by atoms with Crippen LogP contribution in [0.2, 0.25) is 0 Å². The number of hydrogen-bond donors (Lipinski definition) is 2. The van der Waals surface area contributed by atoms with E-state index in [0.717, 1.165) is 38.0 Å². The van der Waals surface area contributed by atoms with Gasteiger partial charge in [0.15, 0.2) is 5.13 Å². The fourth-order valence-corrected chi connectivity index (χ4v) is 4.80. The van der Waals surface area contributed by atoms with Crippen molar-refractivity contribution in [1.82, 2.24) is 19.9 Å². The highest BCUT2D eigenvalue weighted by atomic mass is 32.1. The number of hydrogen-bond acceptors (Lipinski definition) is 7. The highest BCUT2D eigenvalue weighted by molar-refractivity contribution is 7.15. The van der Waals surface area contributed by atoms with E-state index in [1.165, 1.54) is 34.7 Å². The molecule has 0 saturated heterocycles. The normalized spacial score (nSPS) is 15.9. The molecule has 0 spiro atoms. The fourth-order valence-electron chi connectivity index (χ4n) is 3.70. The molecule has 1 aliphatic carbocycles. The minimum absolute atomic E-state index is 0.0334. The molecule has 1 aromatic carbocycles. The topological polar surface area (TPSA) is 83.0 Å². The van der Waals surface area contributed by atoms with Crippen LogP contribution in [0.15, 0.2) is 24.5 Å². The first kappa shape index (κ1) is 20.6. The number of nitrogens with one attached hydrogen (secondary N) is 2. The number of anilines is 2. The van der Waals surface area contributed by atoms with Gasteiger partial charge in [-0.2, -0.15) is 0 Å². The Morgan fingerprint density at radius 1 is 1.30 bits per heavy atom. The molecule has 9 heteroatoms. The number of fused-ring (bicyclic) bond motifs is 2. The first-order valence-electron chi connectivity index (χ1n) is 10.2. The summed E-state index contributed by atoms with van der Waals surface area (Å²) in [6.07, 6.45) is 4.00. The predicted octanol–water partition coefficient (Wildman–Crippen LogP) is 3.48. The standard InChI is InChI=1S/C21H25FN6OS/c1-3-28(4-2)11-19(29)27-21-26-17-8-6-14(10-18(17)30-21)25-20-15-9-13(22)5-7-16(15)23-12-24-20/h5,7,9,12,14H,3-4,6,8,10-11H2,1-2H3,(H,23,24,25)(H,26,27,29). The maximum Gasteiger partial charge on any atom is 0.240 e. The van der Waals surface area contributed by atoms with Crippen molar-refractivity contribution in [1.29, 1.82) is 0 Å². The van der Waals surface area contributed by atoms with Gasteiger partial charge in [-0.25, -0.2) is 19.3 Å². The van der Waals surface area contributed by atoms with E-state index in [1.807, 2.05) is 13.8 Å². The van der Waals surface area contributed by atoms with Crippen LogP contribution >= 0.6 is 11.3 Å². The Balaban J connectivity index is 1.43. The number of nitrogens with zero attached hydrogens (tertiary/aromatic N) is 4. The molecule has 158 valence electrons. The molecule has 0 fully saturated rings. The third-order valence-corrected chi connectivity index (χ3v) is 6.42. The fraction of sp³-hybridized carbons (Fsp3) is 0.429. The van der Waals surface area contributed by atoms with Gasteiger partial charge in [0.25, 0.3) is 0 Å². The second-order valence-corrected chi connectivity index (χ2v) is 8.45. The predicted molar refractivity (Wildman–Crippen MR) is 117 cm³/mol. The highest BCUT2D eigenvalue weighted by Crippen LogP contribution is 2.31. The van der Waals surface area contributed by atoms with Crippen LogP contribution in [0.4, 0.5) is 15.3 Å². The second kappa shape index (κ2) is 9.01. The number of likely N-dealkylation sites (N-methyl/N-ethyl adjacent to an activating group) is 1. The van der Waals surface area contributed by atoms with Gasteiger partial charge in [-0.1, -0.05) is 13.8 Å². The molecule has 1 atom stereocenters.